The summed E-state index contributed by atoms with van der Waals surface area (Å²) < 4.78 is 19.1. The quantitative estimate of drug-likeness (QED) is 0.845. The van der Waals surface area contributed by atoms with Crippen molar-refractivity contribution < 1.29 is 23.8 Å². The van der Waals surface area contributed by atoms with Gasteiger partial charge in [-0.15, -0.1) is 0 Å². The van der Waals surface area contributed by atoms with Gasteiger partial charge in [0.15, 0.2) is 17.9 Å². The van der Waals surface area contributed by atoms with E-state index in [1.165, 1.54) is 0 Å². The van der Waals surface area contributed by atoms with Crippen molar-refractivity contribution in [2.24, 2.45) is 0 Å². The highest BCUT2D eigenvalue weighted by Gasteiger charge is 2.17. The molecule has 0 spiro atoms. The number of ether oxygens (including phenoxy) is 1. The number of anilines is 2. The predicted octanol–water partition coefficient (Wildman–Crippen LogP) is 2.42. The Kier molecular flexibility index (Phi) is 4.07. The molecule has 1 aliphatic rings. The molecule has 0 radical (unpaired) electrons. The molecule has 2 aromatic carbocycles. The first-order valence-corrected chi connectivity index (χ1v) is 7.26. The van der Waals surface area contributed by atoms with Gasteiger partial charge in [-0.05, 0) is 24.3 Å². The molecule has 0 saturated carbocycles. The number of hydrogen-bond acceptors (Lipinski definition) is 5. The van der Waals surface area contributed by atoms with Gasteiger partial charge in [-0.2, -0.15) is 0 Å². The molecule has 1 heterocycles. The molecule has 1 amide bonds. The lowest BCUT2D eigenvalue weighted by Crippen LogP contribution is -2.28. The number of benzene rings is 2. The molecule has 24 heavy (non-hydrogen) atoms. The summed E-state index contributed by atoms with van der Waals surface area (Å²) in [6.07, 6.45) is 0.289. The lowest BCUT2D eigenvalue weighted by atomic mass is 10.1. The van der Waals surface area contributed by atoms with Gasteiger partial charge >= 0.3 is 0 Å². The second-order valence-electron chi connectivity index (χ2n) is 5.42. The van der Waals surface area contributed by atoms with E-state index >= 15 is 0 Å². The van der Waals surface area contributed by atoms with Crippen LogP contribution in [0.25, 0.3) is 0 Å². The maximum Gasteiger partial charge on any atom is 0.255 e. The summed E-state index contributed by atoms with van der Waals surface area (Å²) in [7, 11) is 1.94. The lowest BCUT2D eigenvalue weighted by Gasteiger charge is -2.27. The molecule has 6 nitrogen and oxygen atoms in total. The molecule has 7 heteroatoms. The van der Waals surface area contributed by atoms with Crippen molar-refractivity contribution >= 4 is 23.6 Å². The van der Waals surface area contributed by atoms with Gasteiger partial charge in [0, 0.05) is 24.4 Å². The largest absolute Gasteiger partial charge is 0.504 e. The number of carbonyl (C=O) groups excluding carboxylic acids is 2. The fraction of sp³-hybridized carbons (Fsp3) is 0.176. The zero-order chi connectivity index (χ0) is 17.3. The number of hydrogen-bond donors (Lipinski definition) is 2. The van der Waals surface area contributed by atoms with Gasteiger partial charge in [0.05, 0.1) is 17.8 Å². The standard InChI is InChI=1S/C17H15FN2O4/c1-20-4-5-24-15-8-12(2-3-14(15)20)19-17(23)10-6-11(9-21)16(22)13(18)7-10/h2-3,6-9,22H,4-5H2,1H3,(H,19,23). The Morgan fingerprint density at radius 2 is 2.17 bits per heavy atom. The van der Waals surface area contributed by atoms with Crippen molar-refractivity contribution in [2.75, 3.05) is 30.4 Å². The molecule has 0 fully saturated rings. The molecule has 0 bridgehead atoms. The average molecular weight is 330 g/mol. The number of rotatable bonds is 3. The first-order valence-electron chi connectivity index (χ1n) is 7.26. The van der Waals surface area contributed by atoms with Crippen LogP contribution in [0.2, 0.25) is 0 Å². The zero-order valence-electron chi connectivity index (χ0n) is 12.9. The molecule has 0 unspecified atom stereocenters. The smallest absolute Gasteiger partial charge is 0.255 e. The summed E-state index contributed by atoms with van der Waals surface area (Å²) in [4.78, 5) is 25.1. The van der Waals surface area contributed by atoms with Crippen molar-refractivity contribution in [1.82, 2.24) is 0 Å². The van der Waals surface area contributed by atoms with Gasteiger partial charge in [-0.3, -0.25) is 9.59 Å². The summed E-state index contributed by atoms with van der Waals surface area (Å²) in [6, 6.07) is 7.21. The van der Waals surface area contributed by atoms with Crippen LogP contribution in [-0.4, -0.2) is 37.5 Å². The normalized spacial score (nSPS) is 13.0. The van der Waals surface area contributed by atoms with Crippen molar-refractivity contribution in [3.63, 3.8) is 0 Å². The van der Waals surface area contributed by atoms with Crippen LogP contribution in [0, 0.1) is 5.82 Å². The molecular formula is C17H15FN2O4. The number of nitrogens with zero attached hydrogens (tertiary/aromatic N) is 1. The Labute approximate surface area is 137 Å². The molecule has 0 aliphatic carbocycles. The van der Waals surface area contributed by atoms with Crippen molar-refractivity contribution in [3.8, 4) is 11.5 Å². The zero-order valence-corrected chi connectivity index (χ0v) is 12.9. The minimum Gasteiger partial charge on any atom is -0.504 e. The minimum atomic E-state index is -1.03. The van der Waals surface area contributed by atoms with E-state index in [0.29, 0.717) is 18.0 Å². The van der Waals surface area contributed by atoms with Crippen LogP contribution in [-0.2, 0) is 0 Å². The van der Waals surface area contributed by atoms with Gasteiger partial charge in [0.25, 0.3) is 5.91 Å². The molecule has 1 aliphatic heterocycles. The number of likely N-dealkylation sites (N-methyl/N-ethyl adjacent to an activating group) is 1. The van der Waals surface area contributed by atoms with Crippen LogP contribution < -0.4 is 15.0 Å². The third-order valence-electron chi connectivity index (χ3n) is 3.80. The van der Waals surface area contributed by atoms with E-state index in [2.05, 4.69) is 5.32 Å². The van der Waals surface area contributed by atoms with Gasteiger partial charge in [-0.25, -0.2) is 4.39 Å². The molecule has 2 aromatic rings. The van der Waals surface area contributed by atoms with E-state index in [0.717, 1.165) is 24.4 Å². The number of aldehydes is 1. The van der Waals surface area contributed by atoms with Crippen molar-refractivity contribution in [3.05, 3.63) is 47.3 Å². The number of carbonyl (C=O) groups is 2. The molecular weight excluding hydrogens is 315 g/mol. The van der Waals surface area contributed by atoms with Crippen LogP contribution >= 0.6 is 0 Å². The summed E-state index contributed by atoms with van der Waals surface area (Å²) in [6.45, 7) is 1.33. The van der Waals surface area contributed by atoms with E-state index in [4.69, 9.17) is 4.74 Å². The van der Waals surface area contributed by atoms with Crippen LogP contribution in [0.4, 0.5) is 15.8 Å². The van der Waals surface area contributed by atoms with Crippen LogP contribution in [0.3, 0.4) is 0 Å². The summed E-state index contributed by atoms with van der Waals surface area (Å²) in [5, 5.41) is 12.0. The Bertz CT molecular complexity index is 822. The van der Waals surface area contributed by atoms with Gasteiger partial charge in [0.1, 0.15) is 12.4 Å². The highest BCUT2D eigenvalue weighted by Crippen LogP contribution is 2.33. The fourth-order valence-corrected chi connectivity index (χ4v) is 2.48. The van der Waals surface area contributed by atoms with Crippen LogP contribution in [0.1, 0.15) is 20.7 Å². The Balaban J connectivity index is 1.85. The first kappa shape index (κ1) is 15.8. The maximum absolute atomic E-state index is 13.6. The van der Waals surface area contributed by atoms with Crippen molar-refractivity contribution in [2.45, 2.75) is 0 Å². The monoisotopic (exact) mass is 330 g/mol. The fourth-order valence-electron chi connectivity index (χ4n) is 2.48. The number of amides is 1. The maximum atomic E-state index is 13.6. The number of aromatic hydroxyl groups is 1. The molecule has 0 atom stereocenters. The highest BCUT2D eigenvalue weighted by molar-refractivity contribution is 6.05. The first-order chi connectivity index (χ1) is 11.5. The minimum absolute atomic E-state index is 0.0665. The summed E-state index contributed by atoms with van der Waals surface area (Å²) in [5.41, 5.74) is 1.05. The van der Waals surface area contributed by atoms with Crippen molar-refractivity contribution in [1.29, 1.82) is 0 Å². The van der Waals surface area contributed by atoms with E-state index in [-0.39, 0.29) is 17.4 Å². The average Bonchev–Trinajstić information content (AvgIpc) is 2.57. The lowest BCUT2D eigenvalue weighted by molar-refractivity contribution is 0.102. The third-order valence-corrected chi connectivity index (χ3v) is 3.80. The van der Waals surface area contributed by atoms with Gasteiger partial charge in [-0.1, -0.05) is 0 Å². The molecule has 124 valence electrons. The van der Waals surface area contributed by atoms with E-state index < -0.39 is 17.5 Å². The molecule has 2 N–H and O–H groups in total. The summed E-state index contributed by atoms with van der Waals surface area (Å²) >= 11 is 0. The van der Waals surface area contributed by atoms with E-state index in [1.807, 2.05) is 18.0 Å². The van der Waals surface area contributed by atoms with E-state index in [9.17, 15) is 19.1 Å². The van der Waals surface area contributed by atoms with Gasteiger partial charge in [0.2, 0.25) is 0 Å². The van der Waals surface area contributed by atoms with E-state index in [1.54, 1.807) is 12.1 Å². The van der Waals surface area contributed by atoms with Crippen LogP contribution in [0.15, 0.2) is 30.3 Å². The summed E-state index contributed by atoms with van der Waals surface area (Å²) in [5.74, 6) is -1.75. The molecule has 0 aromatic heterocycles. The number of fused-ring (bicyclic) bond motifs is 1. The topological polar surface area (TPSA) is 78.9 Å². The van der Waals surface area contributed by atoms with Gasteiger partial charge < -0.3 is 20.1 Å². The van der Waals surface area contributed by atoms with Crippen LogP contribution in [0.5, 0.6) is 11.5 Å². The SMILES string of the molecule is CN1CCOc2cc(NC(=O)c3cc(F)c(O)c(C=O)c3)ccc21. The number of phenolic OH excluding ortho intramolecular Hbond substituents is 1. The predicted molar refractivity (Wildman–Crippen MR) is 86.6 cm³/mol. The molecule has 3 rings (SSSR count). The second kappa shape index (κ2) is 6.19. The number of nitrogens with one attached hydrogen (secondary N) is 1. The number of halogens is 1. The third kappa shape index (κ3) is 2.88. The second-order valence-corrected chi connectivity index (χ2v) is 5.42. The Morgan fingerprint density at radius 1 is 1.38 bits per heavy atom. The highest BCUT2D eigenvalue weighted by atomic mass is 19.1. The number of phenols is 1. The Morgan fingerprint density at radius 3 is 2.92 bits per heavy atom. The molecule has 0 saturated heterocycles. The Hall–Kier alpha value is -3.09.